The first-order valence-corrected chi connectivity index (χ1v) is 5.13. The molecule has 0 saturated heterocycles. The minimum atomic E-state index is -3.81. The fraction of sp³-hybridized carbons (Fsp3) is 0.333. The number of benzene rings is 1. The Morgan fingerprint density at radius 1 is 1.38 bits per heavy atom. The van der Waals surface area contributed by atoms with E-state index in [1.165, 1.54) is 12.1 Å². The lowest BCUT2D eigenvalue weighted by molar-refractivity contribution is 0.338. The highest BCUT2D eigenvalue weighted by Gasteiger charge is 2.12. The quantitative estimate of drug-likeness (QED) is 0.701. The summed E-state index contributed by atoms with van der Waals surface area (Å²) in [7, 11) is -3.81. The van der Waals surface area contributed by atoms with E-state index in [9.17, 15) is 8.42 Å². The molecule has 0 aliphatic carbocycles. The average Bonchev–Trinajstić information content (AvgIpc) is 2.16. The van der Waals surface area contributed by atoms with Crippen molar-refractivity contribution in [3.05, 3.63) is 29.8 Å². The van der Waals surface area contributed by atoms with Gasteiger partial charge < -0.3 is 0 Å². The first-order chi connectivity index (χ1) is 6.92. The van der Waals surface area contributed by atoms with Crippen molar-refractivity contribution >= 4 is 10.1 Å². The second-order valence-corrected chi connectivity index (χ2v) is 4.17. The summed E-state index contributed by atoms with van der Waals surface area (Å²) in [5.74, 6) is 0. The van der Waals surface area contributed by atoms with Crippen molar-refractivity contribution in [2.75, 3.05) is 6.61 Å². The highest BCUT2D eigenvalue weighted by Crippen LogP contribution is 2.12. The lowest BCUT2D eigenvalue weighted by Crippen LogP contribution is -2.05. The second kappa shape index (κ2) is 3.89. The van der Waals surface area contributed by atoms with Gasteiger partial charge in [0.2, 0.25) is 0 Å². The van der Waals surface area contributed by atoms with Crippen molar-refractivity contribution in [2.24, 2.45) is 0 Å². The largest absolute Gasteiger partial charge is 0.296 e. The van der Waals surface area contributed by atoms with Crippen LogP contribution < -0.4 is 0 Å². The van der Waals surface area contributed by atoms with Crippen LogP contribution in [0, 0.1) is 6.92 Å². The maximum Gasteiger partial charge on any atom is 0.296 e. The lowest BCUT2D eigenvalue weighted by atomic mass is 10.2. The van der Waals surface area contributed by atoms with Crippen LogP contribution in [0.15, 0.2) is 29.2 Å². The third-order valence-corrected chi connectivity index (χ3v) is 2.83. The van der Waals surface area contributed by atoms with Crippen molar-refractivity contribution in [1.82, 2.24) is 0 Å². The van der Waals surface area contributed by atoms with Gasteiger partial charge in [-0.25, -0.2) is 0 Å². The van der Waals surface area contributed by atoms with E-state index < -0.39 is 23.6 Å². The Labute approximate surface area is 81.3 Å². The maximum atomic E-state index is 11.5. The van der Waals surface area contributed by atoms with Gasteiger partial charge in [0.25, 0.3) is 10.1 Å². The molecule has 4 heteroatoms. The van der Waals surface area contributed by atoms with Crippen LogP contribution in [-0.2, 0) is 14.3 Å². The highest BCUT2D eigenvalue weighted by atomic mass is 32.2. The second-order valence-electron chi connectivity index (χ2n) is 2.55. The zero-order valence-electron chi connectivity index (χ0n) is 9.23. The Balaban J connectivity index is 2.82. The minimum absolute atomic E-state index is 0.0498. The van der Waals surface area contributed by atoms with Gasteiger partial charge >= 0.3 is 0 Å². The topological polar surface area (TPSA) is 43.4 Å². The Morgan fingerprint density at radius 2 is 2.00 bits per heavy atom. The van der Waals surface area contributed by atoms with Gasteiger partial charge in [-0.2, -0.15) is 8.42 Å². The van der Waals surface area contributed by atoms with Crippen LogP contribution in [0.3, 0.4) is 0 Å². The van der Waals surface area contributed by atoms with Crippen LogP contribution in [0.4, 0.5) is 0 Å². The first-order valence-electron chi connectivity index (χ1n) is 4.88. The van der Waals surface area contributed by atoms with E-state index in [4.69, 9.17) is 2.74 Å². The number of rotatable bonds is 3. The number of hydrogen-bond donors (Lipinski definition) is 0. The molecule has 0 aliphatic heterocycles. The van der Waals surface area contributed by atoms with E-state index in [0.717, 1.165) is 5.56 Å². The molecule has 0 N–H and O–H groups in total. The smallest absolute Gasteiger partial charge is 0.267 e. The van der Waals surface area contributed by atoms with Gasteiger partial charge in [-0.15, -0.1) is 0 Å². The Hall–Kier alpha value is -0.870. The number of aryl methyl sites for hydroxylation is 1. The van der Waals surface area contributed by atoms with E-state index in [-0.39, 0.29) is 4.90 Å². The standard InChI is InChI=1S/C9H12O3S/c1-3-12-13(10,11)9-6-4-8(2)5-7-9/h4-7H,3H2,1-2H3/i1D2. The van der Waals surface area contributed by atoms with Crippen molar-refractivity contribution in [3.63, 3.8) is 0 Å². The van der Waals surface area contributed by atoms with Gasteiger partial charge in [0.05, 0.1) is 11.5 Å². The summed E-state index contributed by atoms with van der Waals surface area (Å²) in [5.41, 5.74) is 0.952. The Bertz CT molecular complexity index is 411. The summed E-state index contributed by atoms with van der Waals surface area (Å²) < 4.78 is 41.1. The summed E-state index contributed by atoms with van der Waals surface area (Å²) in [4.78, 5) is 0.0498. The molecule has 0 spiro atoms. The molecule has 0 heterocycles. The molecular formula is C9H12O3S. The fourth-order valence-electron chi connectivity index (χ4n) is 0.863. The number of hydrogen-bond acceptors (Lipinski definition) is 3. The van der Waals surface area contributed by atoms with Crippen molar-refractivity contribution < 1.29 is 15.3 Å². The first kappa shape index (κ1) is 7.53. The zero-order chi connectivity index (χ0) is 11.5. The molecular weight excluding hydrogens is 188 g/mol. The molecule has 0 bridgehead atoms. The van der Waals surface area contributed by atoms with Gasteiger partial charge in [-0.1, -0.05) is 17.7 Å². The van der Waals surface area contributed by atoms with Crippen molar-refractivity contribution in [2.45, 2.75) is 18.7 Å². The van der Waals surface area contributed by atoms with Crippen molar-refractivity contribution in [1.29, 1.82) is 0 Å². The monoisotopic (exact) mass is 202 g/mol. The molecule has 1 aromatic rings. The lowest BCUT2D eigenvalue weighted by Gasteiger charge is -2.02. The molecule has 0 aromatic heterocycles. The van der Waals surface area contributed by atoms with Crippen LogP contribution in [-0.4, -0.2) is 15.0 Å². The van der Waals surface area contributed by atoms with Gasteiger partial charge in [0.1, 0.15) is 0 Å². The molecule has 0 aliphatic rings. The summed E-state index contributed by atoms with van der Waals surface area (Å²) in [6, 6.07) is 6.20. The van der Waals surface area contributed by atoms with E-state index >= 15 is 0 Å². The van der Waals surface area contributed by atoms with Gasteiger partial charge in [0, 0.05) is 2.74 Å². The summed E-state index contributed by atoms with van der Waals surface area (Å²) in [6.45, 7) is 0.0992. The van der Waals surface area contributed by atoms with Gasteiger partial charge in [-0.05, 0) is 25.9 Å². The molecule has 1 rings (SSSR count). The van der Waals surface area contributed by atoms with E-state index in [1.807, 2.05) is 6.92 Å². The molecule has 3 nitrogen and oxygen atoms in total. The van der Waals surface area contributed by atoms with E-state index in [1.54, 1.807) is 12.1 Å². The van der Waals surface area contributed by atoms with Crippen molar-refractivity contribution in [3.8, 4) is 0 Å². The normalized spacial score (nSPS) is 14.0. The summed E-state index contributed by atoms with van der Waals surface area (Å²) >= 11 is 0. The van der Waals surface area contributed by atoms with Gasteiger partial charge in [0.15, 0.2) is 0 Å². The van der Waals surface area contributed by atoms with Crippen LogP contribution in [0.5, 0.6) is 0 Å². The third-order valence-electron chi connectivity index (χ3n) is 1.53. The molecule has 1 aromatic carbocycles. The maximum absolute atomic E-state index is 11.5. The molecule has 0 atom stereocenters. The Morgan fingerprint density at radius 3 is 2.54 bits per heavy atom. The molecule has 0 saturated carbocycles. The van der Waals surface area contributed by atoms with E-state index in [0.29, 0.717) is 0 Å². The zero-order valence-corrected chi connectivity index (χ0v) is 8.04. The van der Waals surface area contributed by atoms with Crippen LogP contribution in [0.2, 0.25) is 0 Å². The van der Waals surface area contributed by atoms with E-state index in [2.05, 4.69) is 4.18 Å². The summed E-state index contributed by atoms with van der Waals surface area (Å²) in [6.07, 6.45) is 0. The third kappa shape index (κ3) is 2.54. The van der Waals surface area contributed by atoms with Gasteiger partial charge in [-0.3, -0.25) is 4.18 Å². The molecule has 0 fully saturated rings. The molecule has 0 unspecified atom stereocenters. The molecule has 72 valence electrons. The SMILES string of the molecule is [2H]C([2H])COS(=O)(=O)c1ccc(C)cc1. The highest BCUT2D eigenvalue weighted by molar-refractivity contribution is 7.86. The van der Waals surface area contributed by atoms with Crippen LogP contribution in [0.25, 0.3) is 0 Å². The molecule has 13 heavy (non-hydrogen) atoms. The minimum Gasteiger partial charge on any atom is -0.267 e. The van der Waals surface area contributed by atoms with Crippen LogP contribution in [0.1, 0.15) is 15.2 Å². The van der Waals surface area contributed by atoms with Crippen LogP contribution >= 0.6 is 0 Å². The predicted octanol–water partition coefficient (Wildman–Crippen LogP) is 1.72. The Kier molecular flexibility index (Phi) is 2.25. The predicted molar refractivity (Wildman–Crippen MR) is 50.0 cm³/mol. The summed E-state index contributed by atoms with van der Waals surface area (Å²) in [5, 5.41) is 0. The fourth-order valence-corrected chi connectivity index (χ4v) is 1.65. The average molecular weight is 202 g/mol. The molecule has 0 amide bonds. The molecule has 0 radical (unpaired) electrons.